The summed E-state index contributed by atoms with van der Waals surface area (Å²) >= 11 is 5.45. The van der Waals surface area contributed by atoms with Crippen molar-refractivity contribution in [1.82, 2.24) is 9.78 Å². The first-order valence-electron chi connectivity index (χ1n) is 3.77. The lowest BCUT2D eigenvalue weighted by atomic mass is 10.5. The number of hydrogen-bond donors (Lipinski definition) is 1. The summed E-state index contributed by atoms with van der Waals surface area (Å²) in [7, 11) is 1.89. The van der Waals surface area contributed by atoms with Crippen LogP contribution in [0.4, 0.5) is 5.82 Å². The van der Waals surface area contributed by atoms with Crippen molar-refractivity contribution in [3.8, 4) is 0 Å². The molecular weight excluding hydrogens is 174 g/mol. The Labute approximate surface area is 77.0 Å². The first-order valence-corrected chi connectivity index (χ1v) is 4.31. The van der Waals surface area contributed by atoms with Crippen LogP contribution in [0.2, 0.25) is 0 Å². The molecule has 0 fully saturated rings. The molecule has 0 amide bonds. The molecule has 0 atom stereocenters. The van der Waals surface area contributed by atoms with E-state index < -0.39 is 0 Å². The summed E-state index contributed by atoms with van der Waals surface area (Å²) in [6, 6.07) is 1.93. The smallest absolute Gasteiger partial charge is 0.148 e. The number of aromatic nitrogens is 2. The fourth-order valence-corrected chi connectivity index (χ4v) is 0.945. The maximum absolute atomic E-state index is 5.45. The van der Waals surface area contributed by atoms with Gasteiger partial charge in [0.2, 0.25) is 0 Å². The summed E-state index contributed by atoms with van der Waals surface area (Å²) in [5.41, 5.74) is 0. The van der Waals surface area contributed by atoms with Crippen LogP contribution in [0.25, 0.3) is 0 Å². The molecule has 1 heterocycles. The number of allylic oxidation sites excluding steroid dienone is 1. The van der Waals surface area contributed by atoms with Crippen LogP contribution in [0.5, 0.6) is 0 Å². The third kappa shape index (κ3) is 2.96. The van der Waals surface area contributed by atoms with Gasteiger partial charge in [0.15, 0.2) is 0 Å². The first kappa shape index (κ1) is 9.13. The van der Waals surface area contributed by atoms with Gasteiger partial charge in [0.05, 0.1) is 0 Å². The van der Waals surface area contributed by atoms with Gasteiger partial charge in [-0.25, -0.2) is 0 Å². The summed E-state index contributed by atoms with van der Waals surface area (Å²) in [6.45, 7) is 0.768. The number of nitrogens with one attached hydrogen (secondary N) is 1. The Hall–Kier alpha value is -0.960. The van der Waals surface area contributed by atoms with Crippen molar-refractivity contribution in [3.05, 3.63) is 24.4 Å². The topological polar surface area (TPSA) is 29.9 Å². The van der Waals surface area contributed by atoms with E-state index in [4.69, 9.17) is 11.6 Å². The molecule has 0 aliphatic rings. The monoisotopic (exact) mass is 185 g/mol. The largest absolute Gasteiger partial charge is 0.365 e. The highest BCUT2D eigenvalue weighted by atomic mass is 35.5. The van der Waals surface area contributed by atoms with Gasteiger partial charge in [0, 0.05) is 31.7 Å². The van der Waals surface area contributed by atoms with Gasteiger partial charge in [-0.3, -0.25) is 4.68 Å². The van der Waals surface area contributed by atoms with E-state index in [1.807, 2.05) is 31.5 Å². The van der Waals surface area contributed by atoms with Crippen molar-refractivity contribution >= 4 is 17.4 Å². The van der Waals surface area contributed by atoms with E-state index in [9.17, 15) is 0 Å². The van der Waals surface area contributed by atoms with Crippen LogP contribution in [-0.4, -0.2) is 22.2 Å². The number of anilines is 1. The van der Waals surface area contributed by atoms with E-state index in [0.717, 1.165) is 12.4 Å². The minimum absolute atomic E-state index is 0.559. The second-order valence-corrected chi connectivity index (χ2v) is 2.69. The van der Waals surface area contributed by atoms with Crippen LogP contribution in [-0.2, 0) is 7.05 Å². The van der Waals surface area contributed by atoms with Crippen LogP contribution >= 0.6 is 11.6 Å². The van der Waals surface area contributed by atoms with E-state index in [1.54, 1.807) is 4.68 Å². The highest BCUT2D eigenvalue weighted by Gasteiger charge is 1.90. The number of aryl methyl sites for hydroxylation is 1. The Bertz CT molecular complexity index is 255. The maximum Gasteiger partial charge on any atom is 0.148 e. The molecule has 1 rings (SSSR count). The first-order chi connectivity index (χ1) is 5.83. The summed E-state index contributed by atoms with van der Waals surface area (Å²) in [6.07, 6.45) is 5.77. The maximum atomic E-state index is 5.45. The molecule has 0 aromatic carbocycles. The number of alkyl halides is 1. The molecule has 0 saturated carbocycles. The molecule has 0 bridgehead atoms. The normalized spacial score (nSPS) is 10.8. The molecule has 12 heavy (non-hydrogen) atoms. The second kappa shape index (κ2) is 4.83. The molecule has 1 aromatic rings. The van der Waals surface area contributed by atoms with E-state index in [0.29, 0.717) is 5.88 Å². The summed E-state index contributed by atoms with van der Waals surface area (Å²) in [5, 5.41) is 7.27. The molecule has 4 heteroatoms. The number of rotatable bonds is 4. The van der Waals surface area contributed by atoms with Gasteiger partial charge in [0.1, 0.15) is 5.82 Å². The molecule has 0 unspecified atom stereocenters. The molecule has 1 N–H and O–H groups in total. The van der Waals surface area contributed by atoms with E-state index in [-0.39, 0.29) is 0 Å². The molecule has 0 saturated heterocycles. The van der Waals surface area contributed by atoms with Crippen molar-refractivity contribution < 1.29 is 0 Å². The van der Waals surface area contributed by atoms with Crippen LogP contribution in [0.3, 0.4) is 0 Å². The Morgan fingerprint density at radius 3 is 3.08 bits per heavy atom. The van der Waals surface area contributed by atoms with Crippen LogP contribution in [0.15, 0.2) is 24.4 Å². The quantitative estimate of drug-likeness (QED) is 0.571. The predicted molar refractivity (Wildman–Crippen MR) is 51.6 cm³/mol. The lowest BCUT2D eigenvalue weighted by Gasteiger charge is -1.95. The Morgan fingerprint density at radius 2 is 2.50 bits per heavy atom. The Balaban J connectivity index is 2.28. The molecule has 0 spiro atoms. The van der Waals surface area contributed by atoms with Gasteiger partial charge in [-0.2, -0.15) is 5.10 Å². The van der Waals surface area contributed by atoms with Crippen LogP contribution in [0, 0.1) is 0 Å². The van der Waals surface area contributed by atoms with Crippen molar-refractivity contribution in [2.75, 3.05) is 17.7 Å². The summed E-state index contributed by atoms with van der Waals surface area (Å²) < 4.78 is 1.76. The van der Waals surface area contributed by atoms with Crippen molar-refractivity contribution in [2.45, 2.75) is 0 Å². The van der Waals surface area contributed by atoms with Crippen molar-refractivity contribution in [3.63, 3.8) is 0 Å². The minimum Gasteiger partial charge on any atom is -0.365 e. The second-order valence-electron chi connectivity index (χ2n) is 2.38. The third-order valence-electron chi connectivity index (χ3n) is 1.37. The molecule has 3 nitrogen and oxygen atoms in total. The van der Waals surface area contributed by atoms with Gasteiger partial charge in [0.25, 0.3) is 0 Å². The molecule has 0 aliphatic carbocycles. The number of hydrogen-bond acceptors (Lipinski definition) is 2. The lowest BCUT2D eigenvalue weighted by molar-refractivity contribution is 0.769. The lowest BCUT2D eigenvalue weighted by Crippen LogP contribution is -1.99. The van der Waals surface area contributed by atoms with E-state index in [2.05, 4.69) is 10.4 Å². The van der Waals surface area contributed by atoms with Crippen LogP contribution < -0.4 is 5.32 Å². The SMILES string of the molecule is Cn1ccc(NC/C=C/CCl)n1. The Morgan fingerprint density at radius 1 is 1.67 bits per heavy atom. The molecule has 0 aliphatic heterocycles. The molecule has 1 aromatic heterocycles. The van der Waals surface area contributed by atoms with Gasteiger partial charge >= 0.3 is 0 Å². The van der Waals surface area contributed by atoms with E-state index >= 15 is 0 Å². The van der Waals surface area contributed by atoms with Crippen molar-refractivity contribution in [1.29, 1.82) is 0 Å². The fraction of sp³-hybridized carbons (Fsp3) is 0.375. The number of nitrogens with zero attached hydrogens (tertiary/aromatic N) is 2. The average molecular weight is 186 g/mol. The molecule has 66 valence electrons. The highest BCUT2D eigenvalue weighted by Crippen LogP contribution is 1.99. The highest BCUT2D eigenvalue weighted by molar-refractivity contribution is 6.18. The average Bonchev–Trinajstić information content (AvgIpc) is 2.45. The van der Waals surface area contributed by atoms with Crippen LogP contribution in [0.1, 0.15) is 0 Å². The van der Waals surface area contributed by atoms with Gasteiger partial charge in [-0.15, -0.1) is 11.6 Å². The van der Waals surface area contributed by atoms with Gasteiger partial charge < -0.3 is 5.32 Å². The molecule has 0 radical (unpaired) electrons. The predicted octanol–water partition coefficient (Wildman–Crippen LogP) is 1.63. The van der Waals surface area contributed by atoms with Crippen molar-refractivity contribution in [2.24, 2.45) is 7.05 Å². The minimum atomic E-state index is 0.559. The standard InChI is InChI=1S/C8H12ClN3/c1-12-7-4-8(11-12)10-6-3-2-5-9/h2-4,7H,5-6H2,1H3,(H,10,11)/b3-2+. The zero-order valence-electron chi connectivity index (χ0n) is 7.00. The Kier molecular flexibility index (Phi) is 3.67. The number of halogens is 1. The van der Waals surface area contributed by atoms with Gasteiger partial charge in [-0.05, 0) is 0 Å². The third-order valence-corrected chi connectivity index (χ3v) is 1.55. The zero-order chi connectivity index (χ0) is 8.81. The zero-order valence-corrected chi connectivity index (χ0v) is 7.75. The van der Waals surface area contributed by atoms with E-state index in [1.165, 1.54) is 0 Å². The fourth-order valence-electron chi connectivity index (χ4n) is 0.819. The van der Waals surface area contributed by atoms with Gasteiger partial charge in [-0.1, -0.05) is 12.2 Å². The summed E-state index contributed by atoms with van der Waals surface area (Å²) in [4.78, 5) is 0. The summed E-state index contributed by atoms with van der Waals surface area (Å²) in [5.74, 6) is 1.45. The molecular formula is C8H12ClN3.